The Morgan fingerprint density at radius 1 is 1.42 bits per heavy atom. The fourth-order valence-corrected chi connectivity index (χ4v) is 1.64. The van der Waals surface area contributed by atoms with E-state index in [4.69, 9.17) is 5.73 Å². The molecular formula is C7H8N4S. The maximum atomic E-state index is 5.82. The van der Waals surface area contributed by atoms with Crippen LogP contribution in [0.3, 0.4) is 0 Å². The molecule has 2 aromatic rings. The standard InChI is InChI=1S/C7H8N4S/c1-9-4-2-3-5-7(6(4)8)11-12-10-5/h2-3,9H,8H2,1H3. The SMILES string of the molecule is CNc1ccc2nsnc2c1N. The van der Waals surface area contributed by atoms with Crippen LogP contribution in [0.5, 0.6) is 0 Å². The molecule has 0 saturated carbocycles. The fourth-order valence-electron chi connectivity index (χ4n) is 1.09. The van der Waals surface area contributed by atoms with Crippen molar-refractivity contribution in [3.63, 3.8) is 0 Å². The highest BCUT2D eigenvalue weighted by Gasteiger charge is 2.05. The number of nitrogens with two attached hydrogens (primary N) is 1. The van der Waals surface area contributed by atoms with E-state index in [1.807, 2.05) is 19.2 Å². The zero-order valence-electron chi connectivity index (χ0n) is 6.53. The van der Waals surface area contributed by atoms with Crippen molar-refractivity contribution in [3.05, 3.63) is 12.1 Å². The number of rotatable bonds is 1. The molecule has 0 fully saturated rings. The van der Waals surface area contributed by atoms with Crippen LogP contribution in [-0.2, 0) is 0 Å². The molecule has 5 heteroatoms. The summed E-state index contributed by atoms with van der Waals surface area (Å²) in [6.45, 7) is 0. The number of fused-ring (bicyclic) bond motifs is 1. The number of hydrogen-bond acceptors (Lipinski definition) is 5. The predicted molar refractivity (Wildman–Crippen MR) is 51.4 cm³/mol. The molecule has 62 valence electrons. The second kappa shape index (κ2) is 2.60. The lowest BCUT2D eigenvalue weighted by molar-refractivity contribution is 1.51. The summed E-state index contributed by atoms with van der Waals surface area (Å²) >= 11 is 1.18. The zero-order valence-corrected chi connectivity index (χ0v) is 7.35. The molecule has 1 aromatic carbocycles. The quantitative estimate of drug-likeness (QED) is 0.649. The third-order valence-corrected chi connectivity index (χ3v) is 2.28. The molecule has 0 spiro atoms. The Hall–Kier alpha value is -1.36. The van der Waals surface area contributed by atoms with E-state index in [1.165, 1.54) is 11.7 Å². The van der Waals surface area contributed by atoms with Crippen LogP contribution in [0, 0.1) is 0 Å². The Labute approximate surface area is 73.7 Å². The van der Waals surface area contributed by atoms with E-state index in [1.54, 1.807) is 0 Å². The van der Waals surface area contributed by atoms with E-state index in [9.17, 15) is 0 Å². The van der Waals surface area contributed by atoms with E-state index >= 15 is 0 Å². The normalized spacial score (nSPS) is 10.4. The number of aromatic nitrogens is 2. The van der Waals surface area contributed by atoms with Crippen molar-refractivity contribution in [2.75, 3.05) is 18.1 Å². The Morgan fingerprint density at radius 2 is 2.25 bits per heavy atom. The predicted octanol–water partition coefficient (Wildman–Crippen LogP) is 1.32. The number of nitrogens with zero attached hydrogens (tertiary/aromatic N) is 2. The maximum absolute atomic E-state index is 5.82. The van der Waals surface area contributed by atoms with Crippen molar-refractivity contribution in [2.45, 2.75) is 0 Å². The summed E-state index contributed by atoms with van der Waals surface area (Å²) in [4.78, 5) is 0. The van der Waals surface area contributed by atoms with Gasteiger partial charge in [-0.15, -0.1) is 0 Å². The van der Waals surface area contributed by atoms with Gasteiger partial charge in [0, 0.05) is 7.05 Å². The van der Waals surface area contributed by atoms with Gasteiger partial charge in [-0.1, -0.05) is 0 Å². The number of benzene rings is 1. The van der Waals surface area contributed by atoms with Gasteiger partial charge >= 0.3 is 0 Å². The molecule has 0 amide bonds. The molecule has 0 atom stereocenters. The van der Waals surface area contributed by atoms with Gasteiger partial charge in [0.1, 0.15) is 11.0 Å². The second-order valence-electron chi connectivity index (χ2n) is 2.41. The van der Waals surface area contributed by atoms with Gasteiger partial charge in [0.15, 0.2) is 0 Å². The molecule has 0 aliphatic heterocycles. The number of anilines is 2. The zero-order chi connectivity index (χ0) is 8.55. The lowest BCUT2D eigenvalue weighted by Gasteiger charge is -2.02. The van der Waals surface area contributed by atoms with Crippen LogP contribution in [0.1, 0.15) is 0 Å². The van der Waals surface area contributed by atoms with Gasteiger partial charge < -0.3 is 11.1 Å². The average molecular weight is 180 g/mol. The molecule has 3 N–H and O–H groups in total. The topological polar surface area (TPSA) is 63.8 Å². The first-order valence-corrected chi connectivity index (χ1v) is 4.24. The van der Waals surface area contributed by atoms with Gasteiger partial charge in [0.2, 0.25) is 0 Å². The smallest absolute Gasteiger partial charge is 0.129 e. The fraction of sp³-hybridized carbons (Fsp3) is 0.143. The Bertz CT molecular complexity index is 409. The number of nitrogen functional groups attached to an aromatic ring is 1. The molecule has 12 heavy (non-hydrogen) atoms. The molecule has 0 radical (unpaired) electrons. The third kappa shape index (κ3) is 0.902. The van der Waals surface area contributed by atoms with Gasteiger partial charge in [-0.2, -0.15) is 8.75 Å². The van der Waals surface area contributed by atoms with E-state index < -0.39 is 0 Å². The van der Waals surface area contributed by atoms with Crippen molar-refractivity contribution >= 4 is 34.1 Å². The largest absolute Gasteiger partial charge is 0.395 e. The van der Waals surface area contributed by atoms with Crippen LogP contribution in [0.4, 0.5) is 11.4 Å². The summed E-state index contributed by atoms with van der Waals surface area (Å²) in [5.41, 5.74) is 9.03. The molecule has 0 aliphatic rings. The van der Waals surface area contributed by atoms with E-state index in [0.29, 0.717) is 5.69 Å². The van der Waals surface area contributed by atoms with Crippen LogP contribution in [0.15, 0.2) is 12.1 Å². The molecule has 1 heterocycles. The van der Waals surface area contributed by atoms with Gasteiger partial charge in [-0.05, 0) is 12.1 Å². The summed E-state index contributed by atoms with van der Waals surface area (Å²) in [6, 6.07) is 3.81. The van der Waals surface area contributed by atoms with Crippen molar-refractivity contribution < 1.29 is 0 Å². The van der Waals surface area contributed by atoms with Crippen LogP contribution in [0.2, 0.25) is 0 Å². The summed E-state index contributed by atoms with van der Waals surface area (Å²) in [6.07, 6.45) is 0. The highest BCUT2D eigenvalue weighted by atomic mass is 32.1. The van der Waals surface area contributed by atoms with Gasteiger partial charge in [0.25, 0.3) is 0 Å². The highest BCUT2D eigenvalue weighted by Crippen LogP contribution is 2.26. The third-order valence-electron chi connectivity index (χ3n) is 1.74. The van der Waals surface area contributed by atoms with E-state index in [2.05, 4.69) is 14.1 Å². The number of hydrogen-bond donors (Lipinski definition) is 2. The Balaban J connectivity index is 2.78. The van der Waals surface area contributed by atoms with Crippen LogP contribution >= 0.6 is 11.7 Å². The first-order valence-electron chi connectivity index (χ1n) is 3.51. The lowest BCUT2D eigenvalue weighted by Crippen LogP contribution is -1.95. The Morgan fingerprint density at radius 3 is 3.00 bits per heavy atom. The van der Waals surface area contributed by atoms with E-state index in [-0.39, 0.29) is 0 Å². The summed E-state index contributed by atoms with van der Waals surface area (Å²) in [5, 5.41) is 2.99. The summed E-state index contributed by atoms with van der Waals surface area (Å²) in [5.74, 6) is 0. The van der Waals surface area contributed by atoms with Gasteiger partial charge in [-0.25, -0.2) is 0 Å². The number of nitrogens with one attached hydrogen (secondary N) is 1. The molecule has 4 nitrogen and oxygen atoms in total. The van der Waals surface area contributed by atoms with Crippen molar-refractivity contribution in [1.82, 2.24) is 8.75 Å². The van der Waals surface area contributed by atoms with Crippen molar-refractivity contribution in [1.29, 1.82) is 0 Å². The molecule has 0 bridgehead atoms. The van der Waals surface area contributed by atoms with Crippen LogP contribution in [-0.4, -0.2) is 15.8 Å². The lowest BCUT2D eigenvalue weighted by atomic mass is 10.2. The van der Waals surface area contributed by atoms with E-state index in [0.717, 1.165) is 16.7 Å². The molecule has 0 aliphatic carbocycles. The first-order chi connectivity index (χ1) is 5.83. The summed E-state index contributed by atoms with van der Waals surface area (Å²) in [7, 11) is 1.83. The monoisotopic (exact) mass is 180 g/mol. The first kappa shape index (κ1) is 7.30. The highest BCUT2D eigenvalue weighted by molar-refractivity contribution is 7.00. The minimum absolute atomic E-state index is 0.670. The molecule has 0 saturated heterocycles. The molecule has 1 aromatic heterocycles. The van der Waals surface area contributed by atoms with Crippen LogP contribution in [0.25, 0.3) is 11.0 Å². The van der Waals surface area contributed by atoms with Gasteiger partial charge in [-0.3, -0.25) is 0 Å². The maximum Gasteiger partial charge on any atom is 0.129 e. The molecular weight excluding hydrogens is 172 g/mol. The minimum atomic E-state index is 0.670. The Kier molecular flexibility index (Phi) is 1.58. The van der Waals surface area contributed by atoms with Crippen molar-refractivity contribution in [2.24, 2.45) is 0 Å². The van der Waals surface area contributed by atoms with Crippen LogP contribution < -0.4 is 11.1 Å². The minimum Gasteiger partial charge on any atom is -0.395 e. The average Bonchev–Trinajstić information content (AvgIpc) is 2.53. The molecule has 0 unspecified atom stereocenters. The summed E-state index contributed by atoms with van der Waals surface area (Å²) < 4.78 is 8.17. The second-order valence-corrected chi connectivity index (χ2v) is 2.94. The molecule has 2 rings (SSSR count). The van der Waals surface area contributed by atoms with Crippen molar-refractivity contribution in [3.8, 4) is 0 Å². The van der Waals surface area contributed by atoms with Gasteiger partial charge in [0.05, 0.1) is 23.1 Å².